The maximum absolute atomic E-state index is 13.5. The first-order valence-electron chi connectivity index (χ1n) is 4.60. The molecule has 0 radical (unpaired) electrons. The van der Waals surface area contributed by atoms with E-state index in [4.69, 9.17) is 10.5 Å². The summed E-state index contributed by atoms with van der Waals surface area (Å²) >= 11 is 0. The summed E-state index contributed by atoms with van der Waals surface area (Å²) in [4.78, 5) is 20.9. The third-order valence-electron chi connectivity index (χ3n) is 2.32. The van der Waals surface area contributed by atoms with Crippen LogP contribution >= 0.6 is 0 Å². The number of hydrogen-bond acceptors (Lipinski definition) is 4. The molecule has 7 heteroatoms. The van der Waals surface area contributed by atoms with Crippen LogP contribution in [-0.2, 0) is 0 Å². The Bertz CT molecular complexity index is 553. The Hall–Kier alpha value is -2.44. The first-order chi connectivity index (χ1) is 8.00. The van der Waals surface area contributed by atoms with Gasteiger partial charge in [0.2, 0.25) is 0 Å². The third kappa shape index (κ3) is 1.82. The quantitative estimate of drug-likeness (QED) is 0.612. The molecule has 1 aromatic rings. The molecule has 0 aliphatic carbocycles. The van der Waals surface area contributed by atoms with Crippen LogP contribution in [-0.4, -0.2) is 17.4 Å². The standard InChI is InChI=1S/C10H7FN2O4/c11-8-2-1-6(10(12)14)9-7(8)3-5(4-17-9)13(15)16/h1-3H,4H2,(H2,12,14). The summed E-state index contributed by atoms with van der Waals surface area (Å²) in [5.41, 5.74) is 4.68. The van der Waals surface area contributed by atoms with E-state index in [1.807, 2.05) is 0 Å². The van der Waals surface area contributed by atoms with Crippen LogP contribution in [0.15, 0.2) is 17.8 Å². The molecule has 0 atom stereocenters. The molecule has 0 saturated carbocycles. The molecule has 1 aliphatic rings. The SMILES string of the molecule is NC(=O)c1ccc(F)c2c1OCC([N+](=O)[O-])=C2. The van der Waals surface area contributed by atoms with Crippen LogP contribution in [0.25, 0.3) is 6.08 Å². The number of ether oxygens (including phenoxy) is 1. The molecule has 0 saturated heterocycles. The van der Waals surface area contributed by atoms with Gasteiger partial charge in [-0.2, -0.15) is 0 Å². The van der Waals surface area contributed by atoms with Crippen LogP contribution in [0.5, 0.6) is 5.75 Å². The van der Waals surface area contributed by atoms with E-state index in [2.05, 4.69) is 0 Å². The van der Waals surface area contributed by atoms with Gasteiger partial charge in [-0.3, -0.25) is 14.9 Å². The van der Waals surface area contributed by atoms with Gasteiger partial charge in [0, 0.05) is 6.08 Å². The number of rotatable bonds is 2. The summed E-state index contributed by atoms with van der Waals surface area (Å²) in [6.45, 7) is -0.330. The van der Waals surface area contributed by atoms with Gasteiger partial charge >= 0.3 is 0 Å². The fourth-order valence-electron chi connectivity index (χ4n) is 1.52. The van der Waals surface area contributed by atoms with Gasteiger partial charge in [0.15, 0.2) is 6.61 Å². The highest BCUT2D eigenvalue weighted by Gasteiger charge is 2.25. The molecule has 88 valence electrons. The van der Waals surface area contributed by atoms with Gasteiger partial charge < -0.3 is 10.5 Å². The topological polar surface area (TPSA) is 95.5 Å². The minimum atomic E-state index is -0.779. The molecule has 0 bridgehead atoms. The van der Waals surface area contributed by atoms with Crippen molar-refractivity contribution in [1.82, 2.24) is 0 Å². The van der Waals surface area contributed by atoms with E-state index < -0.39 is 16.6 Å². The average Bonchev–Trinajstić information content (AvgIpc) is 2.28. The monoisotopic (exact) mass is 238 g/mol. The molecule has 17 heavy (non-hydrogen) atoms. The average molecular weight is 238 g/mol. The van der Waals surface area contributed by atoms with Crippen molar-refractivity contribution in [3.63, 3.8) is 0 Å². The summed E-state index contributed by atoms with van der Waals surface area (Å²) in [5.74, 6) is -1.54. The molecule has 0 fully saturated rings. The Kier molecular flexibility index (Phi) is 2.51. The molecule has 1 aliphatic heterocycles. The fraction of sp³-hybridized carbons (Fsp3) is 0.100. The second-order valence-corrected chi connectivity index (χ2v) is 3.38. The van der Waals surface area contributed by atoms with Gasteiger partial charge in [0.1, 0.15) is 11.6 Å². The van der Waals surface area contributed by atoms with E-state index in [0.717, 1.165) is 12.1 Å². The Morgan fingerprint density at radius 2 is 2.24 bits per heavy atom. The van der Waals surface area contributed by atoms with Crippen molar-refractivity contribution in [2.75, 3.05) is 6.61 Å². The number of hydrogen-bond donors (Lipinski definition) is 1. The maximum atomic E-state index is 13.5. The number of primary amides is 1. The number of nitrogens with zero attached hydrogens (tertiary/aromatic N) is 1. The summed E-state index contributed by atoms with van der Waals surface area (Å²) in [7, 11) is 0. The first-order valence-corrected chi connectivity index (χ1v) is 4.60. The van der Waals surface area contributed by atoms with Gasteiger partial charge in [-0.05, 0) is 12.1 Å². The molecule has 0 spiro atoms. The molecular formula is C10H7FN2O4. The predicted molar refractivity (Wildman–Crippen MR) is 55.4 cm³/mol. The second kappa shape index (κ2) is 3.85. The number of carbonyl (C=O) groups is 1. The highest BCUT2D eigenvalue weighted by atomic mass is 19.1. The van der Waals surface area contributed by atoms with Gasteiger partial charge in [0.25, 0.3) is 11.6 Å². The number of benzene rings is 1. The minimum Gasteiger partial charge on any atom is -0.481 e. The first kappa shape index (κ1) is 11.1. The van der Waals surface area contributed by atoms with Gasteiger partial charge in [-0.1, -0.05) is 0 Å². The third-order valence-corrected chi connectivity index (χ3v) is 2.32. The molecule has 0 unspecified atom stereocenters. The second-order valence-electron chi connectivity index (χ2n) is 3.38. The Labute approximate surface area is 94.6 Å². The van der Waals surface area contributed by atoms with Crippen LogP contribution in [0.3, 0.4) is 0 Å². The number of halogens is 1. The van der Waals surface area contributed by atoms with Crippen LogP contribution < -0.4 is 10.5 Å². The molecule has 0 aromatic heterocycles. The largest absolute Gasteiger partial charge is 0.481 e. The smallest absolute Gasteiger partial charge is 0.284 e. The summed E-state index contributed by atoms with van der Waals surface area (Å²) < 4.78 is 18.5. The molecule has 2 N–H and O–H groups in total. The lowest BCUT2D eigenvalue weighted by molar-refractivity contribution is -0.427. The van der Waals surface area contributed by atoms with Gasteiger partial charge in [-0.25, -0.2) is 4.39 Å². The van der Waals surface area contributed by atoms with Crippen LogP contribution in [0.2, 0.25) is 0 Å². The molecule has 6 nitrogen and oxygen atoms in total. The lowest BCUT2D eigenvalue weighted by atomic mass is 10.0. The number of nitrogens with two attached hydrogens (primary N) is 1. The van der Waals surface area contributed by atoms with E-state index in [1.165, 1.54) is 6.07 Å². The van der Waals surface area contributed by atoms with Crippen molar-refractivity contribution < 1.29 is 18.8 Å². The highest BCUT2D eigenvalue weighted by Crippen LogP contribution is 2.32. The van der Waals surface area contributed by atoms with Gasteiger partial charge in [-0.15, -0.1) is 0 Å². The van der Waals surface area contributed by atoms with Crippen molar-refractivity contribution in [2.45, 2.75) is 0 Å². The number of nitro groups is 1. The molecule has 2 rings (SSSR count). The van der Waals surface area contributed by atoms with Crippen LogP contribution in [0.1, 0.15) is 15.9 Å². The van der Waals surface area contributed by atoms with Crippen LogP contribution in [0, 0.1) is 15.9 Å². The zero-order valence-electron chi connectivity index (χ0n) is 8.47. The molecule has 1 heterocycles. The van der Waals surface area contributed by atoms with E-state index in [9.17, 15) is 19.3 Å². The summed E-state index contributed by atoms with van der Waals surface area (Å²) in [6, 6.07) is 2.20. The summed E-state index contributed by atoms with van der Waals surface area (Å²) in [5, 5.41) is 10.5. The molecule has 1 amide bonds. The zero-order chi connectivity index (χ0) is 12.6. The predicted octanol–water partition coefficient (Wildman–Crippen LogP) is 0.935. The van der Waals surface area contributed by atoms with E-state index in [-0.39, 0.29) is 29.2 Å². The Morgan fingerprint density at radius 1 is 1.53 bits per heavy atom. The fourth-order valence-corrected chi connectivity index (χ4v) is 1.52. The van der Waals surface area contributed by atoms with Gasteiger partial charge in [0.05, 0.1) is 16.1 Å². The minimum absolute atomic E-state index is 0.0000444. The van der Waals surface area contributed by atoms with Crippen LogP contribution in [0.4, 0.5) is 4.39 Å². The van der Waals surface area contributed by atoms with E-state index >= 15 is 0 Å². The Balaban J connectivity index is 2.63. The zero-order valence-corrected chi connectivity index (χ0v) is 8.47. The van der Waals surface area contributed by atoms with Crippen molar-refractivity contribution in [3.8, 4) is 5.75 Å². The normalized spacial score (nSPS) is 13.4. The maximum Gasteiger partial charge on any atom is 0.284 e. The Morgan fingerprint density at radius 3 is 2.82 bits per heavy atom. The van der Waals surface area contributed by atoms with Crippen molar-refractivity contribution >= 4 is 12.0 Å². The van der Waals surface area contributed by atoms with Crippen molar-refractivity contribution in [3.05, 3.63) is 44.9 Å². The summed E-state index contributed by atoms with van der Waals surface area (Å²) in [6.07, 6.45) is 1.04. The number of carbonyl (C=O) groups excluding carboxylic acids is 1. The number of amides is 1. The van der Waals surface area contributed by atoms with Crippen molar-refractivity contribution in [2.24, 2.45) is 5.73 Å². The lowest BCUT2D eigenvalue weighted by Crippen LogP contribution is -2.19. The highest BCUT2D eigenvalue weighted by molar-refractivity contribution is 5.97. The molecular weight excluding hydrogens is 231 g/mol. The van der Waals surface area contributed by atoms with E-state index in [0.29, 0.717) is 0 Å². The number of fused-ring (bicyclic) bond motifs is 1. The van der Waals surface area contributed by atoms with E-state index in [1.54, 1.807) is 0 Å². The lowest BCUT2D eigenvalue weighted by Gasteiger charge is -2.16. The molecule has 1 aromatic carbocycles. The van der Waals surface area contributed by atoms with Crippen molar-refractivity contribution in [1.29, 1.82) is 0 Å².